The molecule has 33 heavy (non-hydrogen) atoms. The molecule has 1 aliphatic heterocycles. The Balaban J connectivity index is 1.54. The molecular formula is C23H25F3N4O3. The Bertz CT molecular complexity index is 1030. The number of alkyl halides is 3. The Morgan fingerprint density at radius 1 is 1.18 bits per heavy atom. The number of nitrogens with zero attached hydrogens (tertiary/aromatic N) is 3. The van der Waals surface area contributed by atoms with Crippen LogP contribution in [0.5, 0.6) is 11.5 Å². The van der Waals surface area contributed by atoms with Crippen LogP contribution < -0.4 is 19.7 Å². The highest BCUT2D eigenvalue weighted by Gasteiger charge is 2.34. The van der Waals surface area contributed by atoms with Gasteiger partial charge in [0.05, 0.1) is 19.8 Å². The molecule has 2 heterocycles. The minimum atomic E-state index is -4.59. The van der Waals surface area contributed by atoms with E-state index in [9.17, 15) is 23.2 Å². The SMILES string of the molecule is COc1ccc(CCNC(=O)C2CCN(c3nc(C(F)(F)F)ccc3C#N)CC2)cc1OC. The molecule has 1 aromatic carbocycles. The van der Waals surface area contributed by atoms with Crippen molar-refractivity contribution in [2.45, 2.75) is 25.4 Å². The first-order valence-electron chi connectivity index (χ1n) is 10.5. The number of benzene rings is 1. The molecule has 2 aromatic rings. The number of methoxy groups -OCH3 is 2. The zero-order valence-corrected chi connectivity index (χ0v) is 18.4. The minimum absolute atomic E-state index is 0.0136. The highest BCUT2D eigenvalue weighted by Crippen LogP contribution is 2.32. The normalized spacial score (nSPS) is 14.5. The number of carbonyl (C=O) groups excluding carboxylic acids is 1. The van der Waals surface area contributed by atoms with Crippen molar-refractivity contribution < 1.29 is 27.4 Å². The quantitative estimate of drug-likeness (QED) is 0.677. The van der Waals surface area contributed by atoms with Crippen LogP contribution in [0.4, 0.5) is 19.0 Å². The van der Waals surface area contributed by atoms with E-state index in [-0.39, 0.29) is 23.2 Å². The van der Waals surface area contributed by atoms with Crippen LogP contribution in [0.25, 0.3) is 0 Å². The molecule has 1 N–H and O–H groups in total. The molecule has 0 unspecified atom stereocenters. The number of pyridine rings is 1. The second-order valence-corrected chi connectivity index (χ2v) is 7.67. The summed E-state index contributed by atoms with van der Waals surface area (Å²) in [5.41, 5.74) is 0.0368. The average Bonchev–Trinajstić information content (AvgIpc) is 2.82. The van der Waals surface area contributed by atoms with Gasteiger partial charge in [0.15, 0.2) is 11.5 Å². The number of aromatic nitrogens is 1. The van der Waals surface area contributed by atoms with Gasteiger partial charge in [0.25, 0.3) is 0 Å². The third-order valence-corrected chi connectivity index (χ3v) is 5.61. The smallest absolute Gasteiger partial charge is 0.433 e. The van der Waals surface area contributed by atoms with Crippen molar-refractivity contribution in [2.75, 3.05) is 38.8 Å². The number of piperidine rings is 1. The number of nitrogens with one attached hydrogen (secondary N) is 1. The van der Waals surface area contributed by atoms with Crippen LogP contribution in [0.1, 0.15) is 29.7 Å². The van der Waals surface area contributed by atoms with Gasteiger partial charge < -0.3 is 19.7 Å². The minimum Gasteiger partial charge on any atom is -0.493 e. The molecule has 7 nitrogen and oxygen atoms in total. The Labute approximate surface area is 190 Å². The average molecular weight is 462 g/mol. The Kier molecular flexibility index (Phi) is 7.63. The van der Waals surface area contributed by atoms with Crippen molar-refractivity contribution in [1.82, 2.24) is 10.3 Å². The predicted octanol–water partition coefficient (Wildman–Crippen LogP) is 3.56. The largest absolute Gasteiger partial charge is 0.493 e. The molecule has 1 fully saturated rings. The zero-order chi connectivity index (χ0) is 24.0. The van der Waals surface area contributed by atoms with Crippen molar-refractivity contribution in [1.29, 1.82) is 5.26 Å². The van der Waals surface area contributed by atoms with Crippen molar-refractivity contribution in [2.24, 2.45) is 5.92 Å². The number of hydrogen-bond donors (Lipinski definition) is 1. The van der Waals surface area contributed by atoms with Crippen LogP contribution in [0, 0.1) is 17.2 Å². The highest BCUT2D eigenvalue weighted by atomic mass is 19.4. The molecule has 1 saturated heterocycles. The number of anilines is 1. The Morgan fingerprint density at radius 3 is 2.48 bits per heavy atom. The van der Waals surface area contributed by atoms with E-state index in [2.05, 4.69) is 10.3 Å². The van der Waals surface area contributed by atoms with Gasteiger partial charge in [-0.2, -0.15) is 18.4 Å². The number of rotatable bonds is 7. The van der Waals surface area contributed by atoms with Crippen molar-refractivity contribution in [3.63, 3.8) is 0 Å². The molecule has 10 heteroatoms. The topological polar surface area (TPSA) is 87.5 Å². The lowest BCUT2D eigenvalue weighted by Crippen LogP contribution is -2.41. The first-order valence-corrected chi connectivity index (χ1v) is 10.5. The molecule has 0 bridgehead atoms. The van der Waals surface area contributed by atoms with Gasteiger partial charge in [-0.05, 0) is 49.1 Å². The second kappa shape index (κ2) is 10.4. The molecule has 0 atom stereocenters. The second-order valence-electron chi connectivity index (χ2n) is 7.67. The number of nitriles is 1. The lowest BCUT2D eigenvalue weighted by atomic mass is 9.95. The van der Waals surface area contributed by atoms with Crippen LogP contribution in [-0.4, -0.2) is 44.7 Å². The lowest BCUT2D eigenvalue weighted by Gasteiger charge is -2.32. The Morgan fingerprint density at radius 2 is 1.88 bits per heavy atom. The van der Waals surface area contributed by atoms with Gasteiger partial charge in [-0.3, -0.25) is 4.79 Å². The van der Waals surface area contributed by atoms with E-state index in [1.807, 2.05) is 24.3 Å². The highest BCUT2D eigenvalue weighted by molar-refractivity contribution is 5.79. The predicted molar refractivity (Wildman–Crippen MR) is 115 cm³/mol. The van der Waals surface area contributed by atoms with Crippen LogP contribution in [-0.2, 0) is 17.4 Å². The summed E-state index contributed by atoms with van der Waals surface area (Å²) in [7, 11) is 3.12. The summed E-state index contributed by atoms with van der Waals surface area (Å²) in [6, 6.07) is 9.41. The summed E-state index contributed by atoms with van der Waals surface area (Å²) in [5, 5.41) is 12.2. The first-order chi connectivity index (χ1) is 15.8. The summed E-state index contributed by atoms with van der Waals surface area (Å²) >= 11 is 0. The summed E-state index contributed by atoms with van der Waals surface area (Å²) in [6.45, 7) is 1.13. The summed E-state index contributed by atoms with van der Waals surface area (Å²) in [6.07, 6.45) is -3.05. The first kappa shape index (κ1) is 24.2. The lowest BCUT2D eigenvalue weighted by molar-refractivity contribution is -0.141. The molecule has 3 rings (SSSR count). The van der Waals surface area contributed by atoms with Gasteiger partial charge in [0, 0.05) is 25.6 Å². The molecule has 0 radical (unpaired) electrons. The number of ether oxygens (including phenoxy) is 2. The molecule has 0 spiro atoms. The number of carbonyl (C=O) groups is 1. The third-order valence-electron chi connectivity index (χ3n) is 5.61. The number of amides is 1. The standard InChI is InChI=1S/C23H25F3N4O3/c1-32-18-5-3-15(13-19(18)33-2)7-10-28-22(31)16-8-11-30(12-9-16)21-17(14-27)4-6-20(29-21)23(24,25)26/h3-6,13,16H,7-12H2,1-2H3,(H,28,31). The van der Waals surface area contributed by atoms with E-state index in [0.29, 0.717) is 50.4 Å². The van der Waals surface area contributed by atoms with Gasteiger partial charge in [0.1, 0.15) is 17.6 Å². The van der Waals surface area contributed by atoms with Gasteiger partial charge in [-0.1, -0.05) is 6.07 Å². The summed E-state index contributed by atoms with van der Waals surface area (Å²) in [4.78, 5) is 17.9. The summed E-state index contributed by atoms with van der Waals surface area (Å²) < 4.78 is 49.6. The third kappa shape index (κ3) is 5.86. The van der Waals surface area contributed by atoms with Crippen LogP contribution in [0.15, 0.2) is 30.3 Å². The zero-order valence-electron chi connectivity index (χ0n) is 18.4. The van der Waals surface area contributed by atoms with E-state index >= 15 is 0 Å². The maximum Gasteiger partial charge on any atom is 0.433 e. The fraction of sp³-hybridized carbons (Fsp3) is 0.435. The number of hydrogen-bond acceptors (Lipinski definition) is 6. The van der Waals surface area contributed by atoms with E-state index < -0.39 is 11.9 Å². The van der Waals surface area contributed by atoms with Crippen LogP contribution >= 0.6 is 0 Å². The van der Waals surface area contributed by atoms with Crippen molar-refractivity contribution in [3.8, 4) is 17.6 Å². The van der Waals surface area contributed by atoms with E-state index in [1.165, 1.54) is 0 Å². The molecule has 0 aliphatic carbocycles. The molecule has 1 aliphatic rings. The van der Waals surface area contributed by atoms with Gasteiger partial charge in [0.2, 0.25) is 5.91 Å². The van der Waals surface area contributed by atoms with E-state index in [4.69, 9.17) is 9.47 Å². The molecule has 1 amide bonds. The van der Waals surface area contributed by atoms with Gasteiger partial charge in [-0.25, -0.2) is 4.98 Å². The van der Waals surface area contributed by atoms with Gasteiger partial charge in [-0.15, -0.1) is 0 Å². The molecule has 176 valence electrons. The van der Waals surface area contributed by atoms with Crippen LogP contribution in [0.2, 0.25) is 0 Å². The summed E-state index contributed by atoms with van der Waals surface area (Å²) in [5.74, 6) is 0.927. The molecular weight excluding hydrogens is 437 g/mol. The Hall–Kier alpha value is -3.48. The fourth-order valence-corrected chi connectivity index (χ4v) is 3.80. The monoisotopic (exact) mass is 462 g/mol. The fourth-order valence-electron chi connectivity index (χ4n) is 3.80. The maximum absolute atomic E-state index is 13.0. The molecule has 1 aromatic heterocycles. The molecule has 0 saturated carbocycles. The van der Waals surface area contributed by atoms with Crippen LogP contribution in [0.3, 0.4) is 0 Å². The maximum atomic E-state index is 13.0. The van der Waals surface area contributed by atoms with Crippen molar-refractivity contribution >= 4 is 11.7 Å². The van der Waals surface area contributed by atoms with E-state index in [0.717, 1.165) is 17.7 Å². The van der Waals surface area contributed by atoms with E-state index in [1.54, 1.807) is 19.1 Å². The number of halogens is 3. The van der Waals surface area contributed by atoms with Crippen molar-refractivity contribution in [3.05, 3.63) is 47.2 Å². The van der Waals surface area contributed by atoms with Gasteiger partial charge >= 0.3 is 6.18 Å².